The lowest BCUT2D eigenvalue weighted by molar-refractivity contribution is 0.616. The average molecular weight is 204 g/mol. The molecule has 4 nitrogen and oxygen atoms in total. The van der Waals surface area contributed by atoms with Crippen LogP contribution in [0.15, 0.2) is 30.7 Å². The number of nitrogens with zero attached hydrogens (tertiary/aromatic N) is 3. The Hall–Kier alpha value is -1.55. The fourth-order valence-electron chi connectivity index (χ4n) is 1.55. The van der Waals surface area contributed by atoms with Crippen molar-refractivity contribution in [3.05, 3.63) is 42.2 Å². The molecule has 0 aliphatic carbocycles. The van der Waals surface area contributed by atoms with Gasteiger partial charge in [-0.15, -0.1) is 0 Å². The first-order valence-electron chi connectivity index (χ1n) is 5.04. The lowest BCUT2D eigenvalue weighted by atomic mass is 10.4. The predicted octanol–water partition coefficient (Wildman–Crippen LogP) is 1.05. The Morgan fingerprint density at radius 3 is 2.67 bits per heavy atom. The molecule has 2 heterocycles. The van der Waals surface area contributed by atoms with E-state index in [2.05, 4.69) is 40.2 Å². The summed E-state index contributed by atoms with van der Waals surface area (Å²) in [6, 6.07) is 4.17. The molecule has 0 saturated heterocycles. The zero-order valence-electron chi connectivity index (χ0n) is 9.14. The Bertz CT molecular complexity index is 387. The minimum Gasteiger partial charge on any atom is -0.353 e. The molecule has 4 heteroatoms. The lowest BCUT2D eigenvalue weighted by Crippen LogP contribution is -2.17. The maximum Gasteiger partial charge on any atom is 0.122 e. The smallest absolute Gasteiger partial charge is 0.122 e. The molecular weight excluding hydrogens is 188 g/mol. The predicted molar refractivity (Wildman–Crippen MR) is 59.2 cm³/mol. The van der Waals surface area contributed by atoms with Crippen molar-refractivity contribution in [1.82, 2.24) is 19.4 Å². The van der Waals surface area contributed by atoms with Crippen molar-refractivity contribution < 1.29 is 0 Å². The first-order valence-corrected chi connectivity index (χ1v) is 5.04. The molecule has 2 rings (SSSR count). The van der Waals surface area contributed by atoms with E-state index in [1.54, 1.807) is 0 Å². The van der Waals surface area contributed by atoms with Crippen LogP contribution in [0.2, 0.25) is 0 Å². The molecule has 0 aliphatic rings. The molecule has 0 unspecified atom stereocenters. The third kappa shape index (κ3) is 2.27. The van der Waals surface area contributed by atoms with E-state index in [9.17, 15) is 0 Å². The van der Waals surface area contributed by atoms with Gasteiger partial charge in [0.1, 0.15) is 5.82 Å². The quantitative estimate of drug-likeness (QED) is 0.807. The molecule has 15 heavy (non-hydrogen) atoms. The van der Waals surface area contributed by atoms with Gasteiger partial charge in [0.05, 0.1) is 6.54 Å². The summed E-state index contributed by atoms with van der Waals surface area (Å²) in [5.41, 5.74) is 1.28. The highest BCUT2D eigenvalue weighted by Gasteiger charge is 1.99. The fourth-order valence-corrected chi connectivity index (χ4v) is 1.55. The number of hydrogen-bond donors (Lipinski definition) is 1. The van der Waals surface area contributed by atoms with Gasteiger partial charge in [0.2, 0.25) is 0 Å². The first-order chi connectivity index (χ1) is 7.27. The molecule has 0 aliphatic heterocycles. The van der Waals surface area contributed by atoms with E-state index in [1.807, 2.05) is 24.0 Å². The van der Waals surface area contributed by atoms with Gasteiger partial charge in [-0.1, -0.05) is 0 Å². The minimum absolute atomic E-state index is 0.800. The molecule has 0 aromatic carbocycles. The number of aryl methyl sites for hydroxylation is 2. The summed E-state index contributed by atoms with van der Waals surface area (Å²) in [7, 11) is 4.06. The van der Waals surface area contributed by atoms with Crippen molar-refractivity contribution in [3.63, 3.8) is 0 Å². The summed E-state index contributed by atoms with van der Waals surface area (Å²) in [6.45, 7) is 1.67. The highest BCUT2D eigenvalue weighted by atomic mass is 15.1. The Kier molecular flexibility index (Phi) is 2.87. The summed E-state index contributed by atoms with van der Waals surface area (Å²) >= 11 is 0. The maximum absolute atomic E-state index is 4.25. The lowest BCUT2D eigenvalue weighted by Gasteiger charge is -2.06. The number of rotatable bonds is 4. The molecule has 0 radical (unpaired) electrons. The molecule has 80 valence electrons. The van der Waals surface area contributed by atoms with Crippen molar-refractivity contribution in [2.24, 2.45) is 14.1 Å². The third-order valence-electron chi connectivity index (χ3n) is 2.56. The average Bonchev–Trinajstić information content (AvgIpc) is 2.78. The van der Waals surface area contributed by atoms with E-state index < -0.39 is 0 Å². The third-order valence-corrected chi connectivity index (χ3v) is 2.56. The number of aromatic nitrogens is 3. The molecule has 0 atom stereocenters. The van der Waals surface area contributed by atoms with Gasteiger partial charge in [-0.25, -0.2) is 4.98 Å². The van der Waals surface area contributed by atoms with E-state index in [4.69, 9.17) is 0 Å². The van der Waals surface area contributed by atoms with Crippen LogP contribution < -0.4 is 5.32 Å². The van der Waals surface area contributed by atoms with Crippen molar-refractivity contribution in [3.8, 4) is 0 Å². The minimum atomic E-state index is 0.800. The van der Waals surface area contributed by atoms with Crippen LogP contribution in [0.4, 0.5) is 0 Å². The van der Waals surface area contributed by atoms with E-state index in [0.29, 0.717) is 0 Å². The van der Waals surface area contributed by atoms with Gasteiger partial charge >= 0.3 is 0 Å². The molecule has 0 bridgehead atoms. The SMILES string of the molecule is Cn1cccc1CNCc1nccn1C. The summed E-state index contributed by atoms with van der Waals surface area (Å²) in [6.07, 6.45) is 5.83. The molecule has 2 aromatic heterocycles. The number of nitrogens with one attached hydrogen (secondary N) is 1. The van der Waals surface area contributed by atoms with E-state index in [-0.39, 0.29) is 0 Å². The van der Waals surface area contributed by atoms with Gasteiger partial charge in [0.15, 0.2) is 0 Å². The van der Waals surface area contributed by atoms with Gasteiger partial charge in [-0.3, -0.25) is 0 Å². The van der Waals surface area contributed by atoms with Gasteiger partial charge in [0.25, 0.3) is 0 Å². The molecular formula is C11H16N4. The van der Waals surface area contributed by atoms with Crippen molar-refractivity contribution in [1.29, 1.82) is 0 Å². The van der Waals surface area contributed by atoms with E-state index in [1.165, 1.54) is 5.69 Å². The molecule has 0 fully saturated rings. The van der Waals surface area contributed by atoms with Gasteiger partial charge in [0, 0.05) is 44.9 Å². The van der Waals surface area contributed by atoms with E-state index in [0.717, 1.165) is 18.9 Å². The van der Waals surface area contributed by atoms with Crippen LogP contribution in [0.3, 0.4) is 0 Å². The summed E-state index contributed by atoms with van der Waals surface area (Å²) in [4.78, 5) is 4.25. The largest absolute Gasteiger partial charge is 0.353 e. The molecule has 2 aromatic rings. The zero-order valence-corrected chi connectivity index (χ0v) is 9.14. The second-order valence-electron chi connectivity index (χ2n) is 3.67. The monoisotopic (exact) mass is 204 g/mol. The molecule has 0 spiro atoms. The van der Waals surface area contributed by atoms with Crippen LogP contribution in [-0.2, 0) is 27.2 Å². The summed E-state index contributed by atoms with van der Waals surface area (Å²) < 4.78 is 4.14. The first kappa shape index (κ1) is 9.98. The highest BCUT2D eigenvalue weighted by molar-refractivity contribution is 5.06. The standard InChI is InChI=1S/C11H16N4/c1-14-6-3-4-10(14)8-12-9-11-13-5-7-15(11)2/h3-7,12H,8-9H2,1-2H3. The summed E-state index contributed by atoms with van der Waals surface area (Å²) in [5, 5.41) is 3.37. The molecule has 1 N–H and O–H groups in total. The topological polar surface area (TPSA) is 34.8 Å². The summed E-state index contributed by atoms with van der Waals surface area (Å²) in [5.74, 6) is 1.06. The van der Waals surface area contributed by atoms with Crippen molar-refractivity contribution in [2.45, 2.75) is 13.1 Å². The van der Waals surface area contributed by atoms with Gasteiger partial charge in [-0.2, -0.15) is 0 Å². The second-order valence-corrected chi connectivity index (χ2v) is 3.67. The van der Waals surface area contributed by atoms with Crippen LogP contribution in [0.25, 0.3) is 0 Å². The highest BCUT2D eigenvalue weighted by Crippen LogP contribution is 1.99. The van der Waals surface area contributed by atoms with E-state index >= 15 is 0 Å². The van der Waals surface area contributed by atoms with Crippen molar-refractivity contribution in [2.75, 3.05) is 0 Å². The second kappa shape index (κ2) is 4.31. The normalized spacial score (nSPS) is 10.8. The Morgan fingerprint density at radius 1 is 1.20 bits per heavy atom. The van der Waals surface area contributed by atoms with Crippen LogP contribution >= 0.6 is 0 Å². The molecule has 0 amide bonds. The Balaban J connectivity index is 1.86. The van der Waals surface area contributed by atoms with Crippen LogP contribution in [0.5, 0.6) is 0 Å². The fraction of sp³-hybridized carbons (Fsp3) is 0.364. The van der Waals surface area contributed by atoms with Crippen LogP contribution in [0.1, 0.15) is 11.5 Å². The molecule has 0 saturated carbocycles. The number of imidazole rings is 1. The van der Waals surface area contributed by atoms with Crippen LogP contribution in [-0.4, -0.2) is 14.1 Å². The van der Waals surface area contributed by atoms with Crippen molar-refractivity contribution >= 4 is 0 Å². The number of hydrogen-bond acceptors (Lipinski definition) is 2. The van der Waals surface area contributed by atoms with Gasteiger partial charge in [-0.05, 0) is 12.1 Å². The Morgan fingerprint density at radius 2 is 2.07 bits per heavy atom. The Labute approximate surface area is 89.6 Å². The van der Waals surface area contributed by atoms with Gasteiger partial charge < -0.3 is 14.5 Å². The van der Waals surface area contributed by atoms with Crippen LogP contribution in [0, 0.1) is 0 Å². The zero-order chi connectivity index (χ0) is 10.7. The maximum atomic E-state index is 4.25.